The van der Waals surface area contributed by atoms with Crippen LogP contribution in [0, 0.1) is 19.8 Å². The maximum absolute atomic E-state index is 11.9. The van der Waals surface area contributed by atoms with Gasteiger partial charge in [0.2, 0.25) is 0 Å². The van der Waals surface area contributed by atoms with Crippen molar-refractivity contribution in [2.75, 3.05) is 0 Å². The minimum atomic E-state index is 0.314. The summed E-state index contributed by atoms with van der Waals surface area (Å²) >= 11 is 0. The summed E-state index contributed by atoms with van der Waals surface area (Å²) in [5, 5.41) is 0. The van der Waals surface area contributed by atoms with Gasteiger partial charge in [0, 0.05) is 12.0 Å². The minimum absolute atomic E-state index is 0.314. The second-order valence-electron chi connectivity index (χ2n) is 4.78. The number of aryl methyl sites for hydroxylation is 2. The molecular weight excluding hydrogens is 184 g/mol. The average molecular weight is 202 g/mol. The van der Waals surface area contributed by atoms with Gasteiger partial charge in [0.1, 0.15) is 0 Å². The standard InChI is InChI=1S/C14H18O/c1-10-7-11(2)9-13(8-10)14(15)6-5-12-3-4-12/h7-9,12H,3-6H2,1-2H3. The van der Waals surface area contributed by atoms with Crippen LogP contribution in [0.2, 0.25) is 0 Å². The van der Waals surface area contributed by atoms with E-state index in [1.807, 2.05) is 26.0 Å². The number of ketones is 1. The van der Waals surface area contributed by atoms with Crippen molar-refractivity contribution < 1.29 is 4.79 Å². The Morgan fingerprint density at radius 3 is 2.33 bits per heavy atom. The smallest absolute Gasteiger partial charge is 0.162 e. The lowest BCUT2D eigenvalue weighted by Gasteiger charge is -2.03. The zero-order valence-electron chi connectivity index (χ0n) is 9.55. The van der Waals surface area contributed by atoms with Crippen LogP contribution in [0.25, 0.3) is 0 Å². The maximum atomic E-state index is 11.9. The van der Waals surface area contributed by atoms with Crippen molar-refractivity contribution >= 4 is 5.78 Å². The molecule has 0 spiro atoms. The molecule has 0 bridgehead atoms. The SMILES string of the molecule is Cc1cc(C)cc(C(=O)CCC2CC2)c1. The monoisotopic (exact) mass is 202 g/mol. The Kier molecular flexibility index (Phi) is 2.90. The third-order valence-corrected chi connectivity index (χ3v) is 3.02. The van der Waals surface area contributed by atoms with E-state index in [1.165, 1.54) is 24.0 Å². The van der Waals surface area contributed by atoms with Crippen LogP contribution in [-0.2, 0) is 0 Å². The molecule has 0 atom stereocenters. The molecule has 0 heterocycles. The first-order valence-electron chi connectivity index (χ1n) is 5.76. The number of hydrogen-bond donors (Lipinski definition) is 0. The van der Waals surface area contributed by atoms with Crippen molar-refractivity contribution in [2.45, 2.75) is 39.5 Å². The fourth-order valence-corrected chi connectivity index (χ4v) is 2.02. The number of Topliss-reactive ketones (excluding diaryl/α,β-unsaturated/α-hetero) is 1. The molecule has 0 radical (unpaired) electrons. The van der Waals surface area contributed by atoms with E-state index in [9.17, 15) is 4.79 Å². The van der Waals surface area contributed by atoms with Gasteiger partial charge < -0.3 is 0 Å². The predicted octanol–water partition coefficient (Wildman–Crippen LogP) is 3.68. The molecule has 1 nitrogen and oxygen atoms in total. The van der Waals surface area contributed by atoms with E-state index in [0.29, 0.717) is 5.78 Å². The van der Waals surface area contributed by atoms with Crippen LogP contribution in [0.3, 0.4) is 0 Å². The lowest BCUT2D eigenvalue weighted by molar-refractivity contribution is 0.0978. The third kappa shape index (κ3) is 2.92. The van der Waals surface area contributed by atoms with Crippen LogP contribution in [0.5, 0.6) is 0 Å². The van der Waals surface area contributed by atoms with Crippen LogP contribution in [-0.4, -0.2) is 5.78 Å². The van der Waals surface area contributed by atoms with Crippen molar-refractivity contribution in [3.8, 4) is 0 Å². The molecule has 0 N–H and O–H groups in total. The van der Waals surface area contributed by atoms with E-state index in [2.05, 4.69) is 6.07 Å². The summed E-state index contributed by atoms with van der Waals surface area (Å²) in [7, 11) is 0. The number of carbonyl (C=O) groups excluding carboxylic acids is 1. The fourth-order valence-electron chi connectivity index (χ4n) is 2.02. The first-order valence-corrected chi connectivity index (χ1v) is 5.76. The van der Waals surface area contributed by atoms with Gasteiger partial charge in [-0.05, 0) is 38.3 Å². The summed E-state index contributed by atoms with van der Waals surface area (Å²) in [5.74, 6) is 1.16. The second-order valence-corrected chi connectivity index (χ2v) is 4.78. The number of benzene rings is 1. The van der Waals surface area contributed by atoms with Crippen LogP contribution in [0.4, 0.5) is 0 Å². The highest BCUT2D eigenvalue weighted by Crippen LogP contribution is 2.33. The molecule has 0 aromatic heterocycles. The van der Waals surface area contributed by atoms with Crippen molar-refractivity contribution in [2.24, 2.45) is 5.92 Å². The van der Waals surface area contributed by atoms with Gasteiger partial charge in [0.25, 0.3) is 0 Å². The number of rotatable bonds is 4. The van der Waals surface area contributed by atoms with Crippen LogP contribution < -0.4 is 0 Å². The van der Waals surface area contributed by atoms with Gasteiger partial charge in [0.15, 0.2) is 5.78 Å². The first-order chi connectivity index (χ1) is 7.15. The largest absolute Gasteiger partial charge is 0.294 e. The van der Waals surface area contributed by atoms with Crippen molar-refractivity contribution in [3.63, 3.8) is 0 Å². The van der Waals surface area contributed by atoms with Gasteiger partial charge in [-0.25, -0.2) is 0 Å². The van der Waals surface area contributed by atoms with E-state index < -0.39 is 0 Å². The quantitative estimate of drug-likeness (QED) is 0.681. The summed E-state index contributed by atoms with van der Waals surface area (Å²) in [6.45, 7) is 4.09. The van der Waals surface area contributed by atoms with E-state index in [1.54, 1.807) is 0 Å². The van der Waals surface area contributed by atoms with E-state index in [0.717, 1.165) is 24.3 Å². The average Bonchev–Trinajstić information content (AvgIpc) is 2.96. The molecule has 0 aliphatic heterocycles. The molecule has 1 aliphatic carbocycles. The van der Waals surface area contributed by atoms with Gasteiger partial charge in [0.05, 0.1) is 0 Å². The Bertz CT molecular complexity index is 355. The number of hydrogen-bond acceptors (Lipinski definition) is 1. The minimum Gasteiger partial charge on any atom is -0.294 e. The summed E-state index contributed by atoms with van der Waals surface area (Å²) < 4.78 is 0. The molecule has 1 heteroatoms. The first kappa shape index (κ1) is 10.4. The molecular formula is C14H18O. The van der Waals surface area contributed by atoms with Crippen molar-refractivity contribution in [1.82, 2.24) is 0 Å². The summed E-state index contributed by atoms with van der Waals surface area (Å²) in [6.07, 6.45) is 4.49. The fraction of sp³-hybridized carbons (Fsp3) is 0.500. The molecule has 2 rings (SSSR count). The van der Waals surface area contributed by atoms with Gasteiger partial charge in [-0.2, -0.15) is 0 Å². The normalized spacial score (nSPS) is 15.3. The van der Waals surface area contributed by atoms with Crippen LogP contribution in [0.1, 0.15) is 47.2 Å². The van der Waals surface area contributed by atoms with Crippen molar-refractivity contribution in [1.29, 1.82) is 0 Å². The highest BCUT2D eigenvalue weighted by atomic mass is 16.1. The van der Waals surface area contributed by atoms with Gasteiger partial charge in [-0.3, -0.25) is 4.79 Å². The summed E-state index contributed by atoms with van der Waals surface area (Å²) in [6, 6.07) is 6.11. The third-order valence-electron chi connectivity index (χ3n) is 3.02. The zero-order valence-corrected chi connectivity index (χ0v) is 9.55. The molecule has 0 unspecified atom stereocenters. The van der Waals surface area contributed by atoms with Gasteiger partial charge in [-0.15, -0.1) is 0 Å². The Morgan fingerprint density at radius 2 is 1.80 bits per heavy atom. The molecule has 80 valence electrons. The lowest BCUT2D eigenvalue weighted by atomic mass is 10.0. The highest BCUT2D eigenvalue weighted by Gasteiger charge is 2.22. The van der Waals surface area contributed by atoms with E-state index in [4.69, 9.17) is 0 Å². The second kappa shape index (κ2) is 4.18. The molecule has 1 fully saturated rings. The van der Waals surface area contributed by atoms with Crippen LogP contribution >= 0.6 is 0 Å². The Morgan fingerprint density at radius 1 is 1.20 bits per heavy atom. The molecule has 1 aliphatic rings. The summed E-state index contributed by atoms with van der Waals surface area (Å²) in [5.41, 5.74) is 3.27. The highest BCUT2D eigenvalue weighted by molar-refractivity contribution is 5.96. The molecule has 1 saturated carbocycles. The zero-order chi connectivity index (χ0) is 10.8. The maximum Gasteiger partial charge on any atom is 0.162 e. The predicted molar refractivity (Wildman–Crippen MR) is 62.2 cm³/mol. The van der Waals surface area contributed by atoms with Gasteiger partial charge in [-0.1, -0.05) is 30.0 Å². The van der Waals surface area contributed by atoms with Crippen LogP contribution in [0.15, 0.2) is 18.2 Å². The Balaban J connectivity index is 2.02. The Labute approximate surface area is 91.5 Å². The lowest BCUT2D eigenvalue weighted by Crippen LogP contribution is -2.00. The van der Waals surface area contributed by atoms with Gasteiger partial charge >= 0.3 is 0 Å². The van der Waals surface area contributed by atoms with Crippen molar-refractivity contribution in [3.05, 3.63) is 34.9 Å². The van der Waals surface area contributed by atoms with E-state index in [-0.39, 0.29) is 0 Å². The molecule has 1 aromatic rings. The summed E-state index contributed by atoms with van der Waals surface area (Å²) in [4.78, 5) is 11.9. The Hall–Kier alpha value is -1.11. The molecule has 1 aromatic carbocycles. The van der Waals surface area contributed by atoms with E-state index >= 15 is 0 Å². The topological polar surface area (TPSA) is 17.1 Å². The number of carbonyl (C=O) groups is 1. The molecule has 15 heavy (non-hydrogen) atoms. The molecule has 0 saturated heterocycles. The molecule has 0 amide bonds.